The Hall–Kier alpha value is -1.39. The van der Waals surface area contributed by atoms with Gasteiger partial charge < -0.3 is 19.5 Å². The topological polar surface area (TPSA) is 84.6 Å². The number of carbonyl (C=O) groups excluding carboxylic acids is 1. The Labute approximate surface area is 179 Å². The lowest BCUT2D eigenvalue weighted by molar-refractivity contribution is -0.149. The first-order valence-corrected chi connectivity index (χ1v) is 9.61. The van der Waals surface area contributed by atoms with Crippen LogP contribution in [0.25, 0.3) is 0 Å². The van der Waals surface area contributed by atoms with Crippen LogP contribution in [0.2, 0.25) is 0 Å². The molecule has 1 aromatic rings. The van der Waals surface area contributed by atoms with Crippen LogP contribution in [0.1, 0.15) is 51.2 Å². The molecule has 8 nitrogen and oxygen atoms in total. The Balaban J connectivity index is 0.00000364. The maximum absolute atomic E-state index is 12.1. The zero-order valence-electron chi connectivity index (χ0n) is 16.9. The summed E-state index contributed by atoms with van der Waals surface area (Å²) in [5.41, 5.74) is 0. The van der Waals surface area contributed by atoms with Gasteiger partial charge in [-0.25, -0.2) is 4.99 Å². The van der Waals surface area contributed by atoms with Gasteiger partial charge in [-0.2, -0.15) is 0 Å². The van der Waals surface area contributed by atoms with E-state index in [2.05, 4.69) is 27.3 Å². The molecule has 1 saturated heterocycles. The van der Waals surface area contributed by atoms with Crippen LogP contribution in [0.3, 0.4) is 0 Å². The van der Waals surface area contributed by atoms with Crippen molar-refractivity contribution in [3.63, 3.8) is 0 Å². The third-order valence-electron chi connectivity index (χ3n) is 4.71. The summed E-state index contributed by atoms with van der Waals surface area (Å²) < 4.78 is 7.16. The maximum Gasteiger partial charge on any atom is 0.310 e. The van der Waals surface area contributed by atoms with Crippen LogP contribution in [0.4, 0.5) is 0 Å². The summed E-state index contributed by atoms with van der Waals surface area (Å²) in [6, 6.07) is 0. The van der Waals surface area contributed by atoms with E-state index >= 15 is 0 Å². The van der Waals surface area contributed by atoms with Crippen molar-refractivity contribution in [3.05, 3.63) is 11.6 Å². The summed E-state index contributed by atoms with van der Waals surface area (Å²) in [4.78, 5) is 19.1. The molecule has 1 aliphatic heterocycles. The van der Waals surface area contributed by atoms with E-state index in [1.165, 1.54) is 0 Å². The number of halogens is 1. The SMILES string of the molecule is CCCCNC(=NCc1nnc(C)n1C)N1CCCC(C(=O)OCC)C1.I. The molecular weight excluding hydrogens is 459 g/mol. The van der Waals surface area contributed by atoms with E-state index < -0.39 is 0 Å². The van der Waals surface area contributed by atoms with E-state index in [1.807, 2.05) is 25.5 Å². The van der Waals surface area contributed by atoms with Gasteiger partial charge in [-0.3, -0.25) is 4.79 Å². The standard InChI is InChI=1S/C18H32N6O2.HI/c1-5-7-10-19-18(20-12-16-22-21-14(3)23(16)4)24-11-8-9-15(13-24)17(25)26-6-2;/h15H,5-13H2,1-4H3,(H,19,20);1H. The van der Waals surface area contributed by atoms with Gasteiger partial charge in [-0.15, -0.1) is 34.2 Å². The van der Waals surface area contributed by atoms with Gasteiger partial charge in [0.2, 0.25) is 0 Å². The highest BCUT2D eigenvalue weighted by Crippen LogP contribution is 2.18. The van der Waals surface area contributed by atoms with Gasteiger partial charge in [0.25, 0.3) is 0 Å². The molecule has 27 heavy (non-hydrogen) atoms. The second-order valence-electron chi connectivity index (χ2n) is 6.68. The first kappa shape index (κ1) is 23.6. The lowest BCUT2D eigenvalue weighted by atomic mass is 9.98. The zero-order valence-corrected chi connectivity index (χ0v) is 19.2. The molecular formula is C18H33IN6O2. The van der Waals surface area contributed by atoms with Crippen LogP contribution in [-0.2, 0) is 23.1 Å². The number of nitrogens with zero attached hydrogens (tertiary/aromatic N) is 5. The number of guanidine groups is 1. The van der Waals surface area contributed by atoms with Gasteiger partial charge in [-0.05, 0) is 33.1 Å². The van der Waals surface area contributed by atoms with Gasteiger partial charge in [0.05, 0.1) is 12.5 Å². The molecule has 1 aliphatic rings. The first-order valence-electron chi connectivity index (χ1n) is 9.61. The molecule has 154 valence electrons. The highest BCUT2D eigenvalue weighted by molar-refractivity contribution is 14.0. The summed E-state index contributed by atoms with van der Waals surface area (Å²) in [5.74, 6) is 2.35. The number of nitrogens with one attached hydrogen (secondary N) is 1. The average Bonchev–Trinajstić information content (AvgIpc) is 2.97. The molecule has 1 atom stereocenters. The number of aromatic nitrogens is 3. The Morgan fingerprint density at radius 1 is 1.37 bits per heavy atom. The summed E-state index contributed by atoms with van der Waals surface area (Å²) in [5, 5.41) is 11.7. The van der Waals surface area contributed by atoms with Gasteiger partial charge in [0.15, 0.2) is 11.8 Å². The zero-order chi connectivity index (χ0) is 18.9. The molecule has 0 bridgehead atoms. The van der Waals surface area contributed by atoms with Gasteiger partial charge in [-0.1, -0.05) is 13.3 Å². The van der Waals surface area contributed by atoms with E-state index in [1.54, 1.807) is 0 Å². The number of rotatable bonds is 7. The van der Waals surface area contributed by atoms with Crippen molar-refractivity contribution in [3.8, 4) is 0 Å². The quantitative estimate of drug-likeness (QED) is 0.207. The van der Waals surface area contributed by atoms with E-state index in [4.69, 9.17) is 9.73 Å². The molecule has 0 saturated carbocycles. The highest BCUT2D eigenvalue weighted by Gasteiger charge is 2.28. The molecule has 0 amide bonds. The molecule has 2 rings (SSSR count). The van der Waals surface area contributed by atoms with Gasteiger partial charge >= 0.3 is 5.97 Å². The highest BCUT2D eigenvalue weighted by atomic mass is 127. The van der Waals surface area contributed by atoms with Crippen LogP contribution < -0.4 is 5.32 Å². The molecule has 1 unspecified atom stereocenters. The molecule has 1 N–H and O–H groups in total. The molecule has 1 fully saturated rings. The van der Waals surface area contributed by atoms with E-state index in [9.17, 15) is 4.79 Å². The molecule has 0 spiro atoms. The number of hydrogen-bond acceptors (Lipinski definition) is 5. The maximum atomic E-state index is 12.1. The largest absolute Gasteiger partial charge is 0.466 e. The smallest absolute Gasteiger partial charge is 0.310 e. The van der Waals surface area contributed by atoms with Crippen molar-refractivity contribution >= 4 is 35.9 Å². The summed E-state index contributed by atoms with van der Waals surface area (Å²) in [6.07, 6.45) is 4.03. The third kappa shape index (κ3) is 6.93. The normalized spacial score (nSPS) is 17.4. The molecule has 0 radical (unpaired) electrons. The fourth-order valence-corrected chi connectivity index (χ4v) is 3.00. The molecule has 0 aliphatic carbocycles. The van der Waals surface area contributed by atoms with Crippen molar-refractivity contribution in [2.75, 3.05) is 26.2 Å². The number of likely N-dealkylation sites (tertiary alicyclic amines) is 1. The monoisotopic (exact) mass is 492 g/mol. The van der Waals surface area contributed by atoms with Crippen LogP contribution in [-0.4, -0.2) is 57.8 Å². The summed E-state index contributed by atoms with van der Waals surface area (Å²) in [7, 11) is 1.95. The van der Waals surface area contributed by atoms with Gasteiger partial charge in [0, 0.05) is 26.7 Å². The number of ether oxygens (including phenoxy) is 1. The number of piperidine rings is 1. The minimum Gasteiger partial charge on any atom is -0.466 e. The minimum atomic E-state index is -0.103. The Kier molecular flexibility index (Phi) is 10.6. The number of esters is 1. The van der Waals surface area contributed by atoms with Crippen LogP contribution in [0, 0.1) is 12.8 Å². The van der Waals surface area contributed by atoms with Crippen LogP contribution in [0.5, 0.6) is 0 Å². The number of unbranched alkanes of at least 4 members (excludes halogenated alkanes) is 1. The van der Waals surface area contributed by atoms with Crippen molar-refractivity contribution < 1.29 is 9.53 Å². The number of aliphatic imine (C=N–C) groups is 1. The van der Waals surface area contributed by atoms with Crippen LogP contribution in [0.15, 0.2) is 4.99 Å². The predicted octanol–water partition coefficient (Wildman–Crippen LogP) is 2.26. The number of hydrogen-bond donors (Lipinski definition) is 1. The molecule has 0 aromatic carbocycles. The van der Waals surface area contributed by atoms with E-state index in [-0.39, 0.29) is 35.9 Å². The lowest BCUT2D eigenvalue weighted by Gasteiger charge is -2.34. The van der Waals surface area contributed by atoms with Crippen molar-refractivity contribution in [2.45, 2.75) is 53.0 Å². The average molecular weight is 492 g/mol. The number of aryl methyl sites for hydroxylation is 1. The van der Waals surface area contributed by atoms with Crippen molar-refractivity contribution in [1.82, 2.24) is 25.0 Å². The Morgan fingerprint density at radius 3 is 2.78 bits per heavy atom. The van der Waals surface area contributed by atoms with Gasteiger partial charge in [0.1, 0.15) is 12.4 Å². The molecule has 9 heteroatoms. The summed E-state index contributed by atoms with van der Waals surface area (Å²) in [6.45, 7) is 9.24. The second kappa shape index (κ2) is 12.1. The van der Waals surface area contributed by atoms with Crippen LogP contribution >= 0.6 is 24.0 Å². The summed E-state index contributed by atoms with van der Waals surface area (Å²) >= 11 is 0. The third-order valence-corrected chi connectivity index (χ3v) is 4.71. The second-order valence-corrected chi connectivity index (χ2v) is 6.68. The lowest BCUT2D eigenvalue weighted by Crippen LogP contribution is -2.48. The fraction of sp³-hybridized carbons (Fsp3) is 0.778. The fourth-order valence-electron chi connectivity index (χ4n) is 3.00. The van der Waals surface area contributed by atoms with Crippen molar-refractivity contribution in [2.24, 2.45) is 18.0 Å². The van der Waals surface area contributed by atoms with E-state index in [0.29, 0.717) is 19.7 Å². The van der Waals surface area contributed by atoms with E-state index in [0.717, 1.165) is 56.4 Å². The Bertz CT molecular complexity index is 619. The first-order chi connectivity index (χ1) is 12.6. The minimum absolute atomic E-state index is 0. The number of carbonyl (C=O) groups is 1. The Morgan fingerprint density at radius 2 is 2.15 bits per heavy atom. The predicted molar refractivity (Wildman–Crippen MR) is 116 cm³/mol. The van der Waals surface area contributed by atoms with Crippen molar-refractivity contribution in [1.29, 1.82) is 0 Å². The molecule has 1 aromatic heterocycles. The molecule has 2 heterocycles.